The van der Waals surface area contributed by atoms with Crippen LogP contribution in [0.3, 0.4) is 0 Å². The number of hydrogen-bond acceptors (Lipinski definition) is 4. The lowest BCUT2D eigenvalue weighted by atomic mass is 9.52. The summed E-state index contributed by atoms with van der Waals surface area (Å²) in [7, 11) is 0. The third-order valence-electron chi connectivity index (χ3n) is 10.5. The van der Waals surface area contributed by atoms with Crippen molar-refractivity contribution in [3.63, 3.8) is 0 Å². The summed E-state index contributed by atoms with van der Waals surface area (Å²) in [6.45, 7) is 8.46. The minimum Gasteiger partial charge on any atom is -0.393 e. The number of benzene rings is 1. The molecule has 2 N–H and O–H groups in total. The van der Waals surface area contributed by atoms with E-state index in [9.17, 15) is 5.11 Å². The van der Waals surface area contributed by atoms with Crippen LogP contribution in [0.2, 0.25) is 0 Å². The molecule has 4 fully saturated rings. The van der Waals surface area contributed by atoms with Gasteiger partial charge in [0.05, 0.1) is 25.9 Å². The third-order valence-corrected chi connectivity index (χ3v) is 10.5. The molecule has 4 aliphatic carbocycles. The van der Waals surface area contributed by atoms with E-state index in [1.54, 1.807) is 17.2 Å². The molecular weight excluding hydrogens is 448 g/mol. The topological polar surface area (TPSA) is 58.9 Å². The minimum absolute atomic E-state index is 0.00123. The van der Waals surface area contributed by atoms with Crippen LogP contribution in [0.5, 0.6) is 0 Å². The molecule has 4 nitrogen and oxygen atoms in total. The Morgan fingerprint density at radius 1 is 0.972 bits per heavy atom. The quantitative estimate of drug-likeness (QED) is 0.491. The molecule has 1 saturated heterocycles. The lowest BCUT2D eigenvalue weighted by Crippen LogP contribution is -2.52. The maximum atomic E-state index is 11.1. The summed E-state index contributed by atoms with van der Waals surface area (Å²) in [5.41, 5.74) is 6.02. The van der Waals surface area contributed by atoms with Crippen LogP contribution in [0.25, 0.3) is 6.08 Å². The number of aliphatic hydroxyl groups excluding tert-OH is 2. The van der Waals surface area contributed by atoms with E-state index >= 15 is 0 Å². The van der Waals surface area contributed by atoms with E-state index in [0.29, 0.717) is 23.7 Å². The smallest absolute Gasteiger partial charge is 0.169 e. The predicted molar refractivity (Wildman–Crippen MR) is 142 cm³/mol. The van der Waals surface area contributed by atoms with E-state index < -0.39 is 0 Å². The van der Waals surface area contributed by atoms with Crippen molar-refractivity contribution in [1.82, 2.24) is 0 Å². The monoisotopic (exact) mass is 492 g/mol. The molecule has 1 aromatic rings. The molecule has 1 aliphatic heterocycles. The van der Waals surface area contributed by atoms with Gasteiger partial charge in [-0.1, -0.05) is 68.3 Å². The summed E-state index contributed by atoms with van der Waals surface area (Å²) in [6.07, 6.45) is 12.2. The standard InChI is InChI=1S/C32H44O4/c1-30(2)19-35-32(36-20-30)15-14-24-23(17-32)10-11-25-27-12-13-28(34)31(27,3)18-26(29(24)25)22-8-6-21(7-9-22)5-4-16-33/h4-9,23,25-28,33-34H,10-20H2,1-3H3/b5-4+. The van der Waals surface area contributed by atoms with Gasteiger partial charge < -0.3 is 19.7 Å². The number of allylic oxidation sites excluding steroid dienone is 2. The SMILES string of the molecule is CC1(C)COC2(CCC3=C4C(c5ccc(/C=C/CO)cc5)CC5(C)C(O)CCC5C4CCC3C2)OC1. The van der Waals surface area contributed by atoms with Crippen molar-refractivity contribution in [3.05, 3.63) is 52.6 Å². The summed E-state index contributed by atoms with van der Waals surface area (Å²) in [5, 5.41) is 20.3. The van der Waals surface area contributed by atoms with Crippen molar-refractivity contribution < 1.29 is 19.7 Å². The average molecular weight is 493 g/mol. The largest absolute Gasteiger partial charge is 0.393 e. The molecule has 6 atom stereocenters. The molecule has 1 spiro atoms. The van der Waals surface area contributed by atoms with Crippen LogP contribution in [0.15, 0.2) is 41.5 Å². The molecule has 0 aromatic heterocycles. The first kappa shape index (κ1) is 24.9. The Morgan fingerprint density at radius 2 is 1.72 bits per heavy atom. The second-order valence-electron chi connectivity index (χ2n) is 13.4. The Morgan fingerprint density at radius 3 is 2.44 bits per heavy atom. The zero-order valence-corrected chi connectivity index (χ0v) is 22.3. The third kappa shape index (κ3) is 4.13. The van der Waals surface area contributed by atoms with Gasteiger partial charge in [-0.2, -0.15) is 0 Å². The van der Waals surface area contributed by atoms with E-state index in [0.717, 1.165) is 57.3 Å². The molecule has 6 rings (SSSR count). The van der Waals surface area contributed by atoms with Crippen LogP contribution in [0, 0.1) is 28.6 Å². The molecule has 3 saturated carbocycles. The van der Waals surface area contributed by atoms with E-state index in [1.807, 2.05) is 6.08 Å². The van der Waals surface area contributed by atoms with Gasteiger partial charge in [0.15, 0.2) is 5.79 Å². The fourth-order valence-corrected chi connectivity index (χ4v) is 8.53. The number of fused-ring (bicyclic) bond motifs is 4. The van der Waals surface area contributed by atoms with Crippen molar-refractivity contribution in [1.29, 1.82) is 0 Å². The molecule has 1 aromatic carbocycles. The van der Waals surface area contributed by atoms with Crippen molar-refractivity contribution in [3.8, 4) is 0 Å². The molecule has 5 aliphatic rings. The fourth-order valence-electron chi connectivity index (χ4n) is 8.53. The summed E-state index contributed by atoms with van der Waals surface area (Å²) >= 11 is 0. The number of hydrogen-bond donors (Lipinski definition) is 2. The molecule has 196 valence electrons. The predicted octanol–water partition coefficient (Wildman–Crippen LogP) is 6.23. The maximum Gasteiger partial charge on any atom is 0.169 e. The van der Waals surface area contributed by atoms with Gasteiger partial charge in [-0.05, 0) is 72.8 Å². The maximum absolute atomic E-state index is 11.1. The lowest BCUT2D eigenvalue weighted by molar-refractivity contribution is -0.312. The molecular formula is C32H44O4. The van der Waals surface area contributed by atoms with Crippen LogP contribution < -0.4 is 0 Å². The zero-order chi connectivity index (χ0) is 25.1. The fraction of sp³-hybridized carbons (Fsp3) is 0.688. The van der Waals surface area contributed by atoms with Gasteiger partial charge in [-0.15, -0.1) is 0 Å². The Bertz CT molecular complexity index is 1030. The van der Waals surface area contributed by atoms with Crippen LogP contribution in [-0.4, -0.2) is 41.9 Å². The Kier molecular flexibility index (Phi) is 6.27. The number of aliphatic hydroxyl groups is 2. The van der Waals surface area contributed by atoms with Crippen LogP contribution >= 0.6 is 0 Å². The van der Waals surface area contributed by atoms with E-state index in [1.165, 1.54) is 18.4 Å². The molecule has 36 heavy (non-hydrogen) atoms. The summed E-state index contributed by atoms with van der Waals surface area (Å²) in [4.78, 5) is 0. The normalized spacial score (nSPS) is 39.2. The summed E-state index contributed by atoms with van der Waals surface area (Å²) in [6, 6.07) is 8.95. The number of rotatable bonds is 3. The highest BCUT2D eigenvalue weighted by Gasteiger charge is 2.57. The Hall–Kier alpha value is -1.46. The summed E-state index contributed by atoms with van der Waals surface area (Å²) in [5.74, 6) is 1.72. The molecule has 1 heterocycles. The van der Waals surface area contributed by atoms with E-state index in [2.05, 4.69) is 45.0 Å². The van der Waals surface area contributed by atoms with Crippen LogP contribution in [-0.2, 0) is 9.47 Å². The average Bonchev–Trinajstić information content (AvgIpc) is 3.18. The van der Waals surface area contributed by atoms with Gasteiger partial charge in [0.25, 0.3) is 0 Å². The lowest BCUT2D eigenvalue weighted by Gasteiger charge is -2.55. The van der Waals surface area contributed by atoms with Gasteiger partial charge in [0.1, 0.15) is 0 Å². The highest BCUT2D eigenvalue weighted by atomic mass is 16.7. The van der Waals surface area contributed by atoms with Crippen LogP contribution in [0.4, 0.5) is 0 Å². The van der Waals surface area contributed by atoms with Gasteiger partial charge in [-0.25, -0.2) is 0 Å². The molecule has 6 unspecified atom stereocenters. The molecule has 0 bridgehead atoms. The number of ether oxygens (including phenoxy) is 2. The minimum atomic E-state index is -0.389. The first-order chi connectivity index (χ1) is 17.2. The van der Waals surface area contributed by atoms with E-state index in [4.69, 9.17) is 14.6 Å². The second kappa shape index (κ2) is 9.08. The zero-order valence-electron chi connectivity index (χ0n) is 22.3. The van der Waals surface area contributed by atoms with Gasteiger partial charge in [0, 0.05) is 24.2 Å². The van der Waals surface area contributed by atoms with Crippen molar-refractivity contribution in [2.75, 3.05) is 19.8 Å². The summed E-state index contributed by atoms with van der Waals surface area (Å²) < 4.78 is 12.9. The highest BCUT2D eigenvalue weighted by Crippen LogP contribution is 2.65. The Balaban J connectivity index is 1.36. The Labute approximate surface area is 216 Å². The van der Waals surface area contributed by atoms with Gasteiger partial charge >= 0.3 is 0 Å². The van der Waals surface area contributed by atoms with E-state index in [-0.39, 0.29) is 29.3 Å². The first-order valence-electron chi connectivity index (χ1n) is 14.3. The molecule has 4 heteroatoms. The first-order valence-corrected chi connectivity index (χ1v) is 14.3. The molecule has 0 amide bonds. The van der Waals surface area contributed by atoms with Crippen molar-refractivity contribution >= 4 is 6.08 Å². The van der Waals surface area contributed by atoms with Crippen molar-refractivity contribution in [2.45, 2.75) is 89.9 Å². The van der Waals surface area contributed by atoms with Crippen LogP contribution in [0.1, 0.15) is 89.2 Å². The van der Waals surface area contributed by atoms with Crippen molar-refractivity contribution in [2.24, 2.45) is 28.6 Å². The van der Waals surface area contributed by atoms with Gasteiger partial charge in [-0.3, -0.25) is 0 Å². The van der Waals surface area contributed by atoms with Gasteiger partial charge in [0.2, 0.25) is 0 Å². The molecule has 0 radical (unpaired) electrons. The second-order valence-corrected chi connectivity index (χ2v) is 13.4. The highest BCUT2D eigenvalue weighted by molar-refractivity contribution is 5.51.